The van der Waals surface area contributed by atoms with E-state index in [1.165, 1.54) is 4.90 Å². The van der Waals surface area contributed by atoms with Crippen molar-refractivity contribution in [3.05, 3.63) is 24.0 Å². The average molecular weight is 263 g/mol. The smallest absolute Gasteiger partial charge is 0.272 e. The van der Waals surface area contributed by atoms with Crippen molar-refractivity contribution in [3.63, 3.8) is 0 Å². The number of carbonyl (C=O) groups excluding carboxylic acids is 1. The second-order valence-electron chi connectivity index (χ2n) is 5.19. The fourth-order valence-corrected chi connectivity index (χ4v) is 2.19. The lowest BCUT2D eigenvalue weighted by Crippen LogP contribution is -2.27. The minimum atomic E-state index is -0.0829. The third kappa shape index (κ3) is 3.44. The van der Waals surface area contributed by atoms with Crippen LogP contribution in [0.2, 0.25) is 0 Å². The Bertz CT molecular complexity index is 442. The fourth-order valence-electron chi connectivity index (χ4n) is 2.19. The predicted molar refractivity (Wildman–Crippen MR) is 74.3 cm³/mol. The Labute approximate surface area is 114 Å². The normalized spacial score (nSPS) is 20.1. The molecule has 1 saturated heterocycles. The third-order valence-electron chi connectivity index (χ3n) is 3.45. The molecule has 1 aromatic rings. The fraction of sp³-hybridized carbons (Fsp3) is 0.571. The quantitative estimate of drug-likeness (QED) is 0.897. The van der Waals surface area contributed by atoms with Crippen molar-refractivity contribution in [2.24, 2.45) is 5.92 Å². The number of aromatic nitrogens is 1. The van der Waals surface area contributed by atoms with Crippen LogP contribution in [0.5, 0.6) is 0 Å². The van der Waals surface area contributed by atoms with E-state index in [-0.39, 0.29) is 5.91 Å². The first-order valence-corrected chi connectivity index (χ1v) is 6.60. The van der Waals surface area contributed by atoms with E-state index in [1.807, 2.05) is 6.07 Å². The lowest BCUT2D eigenvalue weighted by atomic mass is 10.0. The summed E-state index contributed by atoms with van der Waals surface area (Å²) in [5.41, 5.74) is 1.39. The summed E-state index contributed by atoms with van der Waals surface area (Å²) >= 11 is 0. The predicted octanol–water partition coefficient (Wildman–Crippen LogP) is 1.62. The molecule has 5 heteroatoms. The second kappa shape index (κ2) is 6.02. The zero-order chi connectivity index (χ0) is 13.8. The van der Waals surface area contributed by atoms with E-state index in [2.05, 4.69) is 17.2 Å². The highest BCUT2D eigenvalue weighted by Crippen LogP contribution is 2.20. The van der Waals surface area contributed by atoms with Crippen molar-refractivity contribution >= 4 is 11.6 Å². The van der Waals surface area contributed by atoms with Gasteiger partial charge in [0.2, 0.25) is 0 Å². The van der Waals surface area contributed by atoms with Crippen LogP contribution in [0.1, 0.15) is 23.8 Å². The van der Waals surface area contributed by atoms with Crippen LogP contribution >= 0.6 is 0 Å². The molecule has 0 radical (unpaired) electrons. The Morgan fingerprint density at radius 1 is 1.58 bits per heavy atom. The van der Waals surface area contributed by atoms with Crippen LogP contribution in [0.4, 0.5) is 5.69 Å². The van der Waals surface area contributed by atoms with Gasteiger partial charge in [-0.25, -0.2) is 0 Å². The summed E-state index contributed by atoms with van der Waals surface area (Å²) in [4.78, 5) is 17.5. The molecule has 0 aliphatic carbocycles. The molecule has 2 heterocycles. The molecule has 1 fully saturated rings. The summed E-state index contributed by atoms with van der Waals surface area (Å²) in [6, 6.07) is 4.01. The van der Waals surface area contributed by atoms with Crippen LogP contribution in [-0.2, 0) is 4.74 Å². The molecular formula is C14H21N3O2. The molecule has 5 nitrogen and oxygen atoms in total. The molecular weight excluding hydrogens is 242 g/mol. The first-order chi connectivity index (χ1) is 9.08. The second-order valence-corrected chi connectivity index (χ2v) is 5.19. The number of hydrogen-bond acceptors (Lipinski definition) is 4. The molecule has 1 amide bonds. The van der Waals surface area contributed by atoms with Crippen molar-refractivity contribution in [1.82, 2.24) is 9.88 Å². The van der Waals surface area contributed by atoms with Gasteiger partial charge < -0.3 is 15.0 Å². The number of carbonyl (C=O) groups is 1. The highest BCUT2D eigenvalue weighted by atomic mass is 16.5. The Kier molecular flexibility index (Phi) is 4.37. The van der Waals surface area contributed by atoms with Crippen LogP contribution in [-0.4, -0.2) is 49.1 Å². The first-order valence-electron chi connectivity index (χ1n) is 6.60. The molecule has 2 rings (SSSR count). The molecule has 2 unspecified atom stereocenters. The zero-order valence-electron chi connectivity index (χ0n) is 11.7. The molecule has 104 valence electrons. The van der Waals surface area contributed by atoms with Gasteiger partial charge >= 0.3 is 0 Å². The topological polar surface area (TPSA) is 54.5 Å². The molecule has 0 aromatic carbocycles. The van der Waals surface area contributed by atoms with Crippen LogP contribution < -0.4 is 5.32 Å². The summed E-state index contributed by atoms with van der Waals surface area (Å²) in [6.07, 6.45) is 2.75. The SMILES string of the molecule is CC(Nc1ccnc(C(=O)N(C)C)c1)C1CCOC1. The largest absolute Gasteiger partial charge is 0.382 e. The minimum absolute atomic E-state index is 0.0829. The molecule has 19 heavy (non-hydrogen) atoms. The maximum Gasteiger partial charge on any atom is 0.272 e. The van der Waals surface area contributed by atoms with Gasteiger partial charge in [0.05, 0.1) is 6.61 Å². The first kappa shape index (κ1) is 13.8. The molecule has 0 saturated carbocycles. The van der Waals surface area contributed by atoms with E-state index in [0.717, 1.165) is 25.3 Å². The molecule has 1 aliphatic rings. The van der Waals surface area contributed by atoms with Gasteiger partial charge in [0, 0.05) is 44.5 Å². The van der Waals surface area contributed by atoms with E-state index in [0.29, 0.717) is 17.7 Å². The maximum absolute atomic E-state index is 11.9. The molecule has 0 bridgehead atoms. The van der Waals surface area contributed by atoms with E-state index in [9.17, 15) is 4.79 Å². The van der Waals surface area contributed by atoms with Crippen LogP contribution in [0.25, 0.3) is 0 Å². The van der Waals surface area contributed by atoms with Crippen LogP contribution in [0.3, 0.4) is 0 Å². The van der Waals surface area contributed by atoms with Crippen LogP contribution in [0.15, 0.2) is 18.3 Å². The highest BCUT2D eigenvalue weighted by molar-refractivity contribution is 5.92. The Morgan fingerprint density at radius 3 is 3.00 bits per heavy atom. The van der Waals surface area contributed by atoms with E-state index in [1.54, 1.807) is 26.4 Å². The molecule has 1 aliphatic heterocycles. The van der Waals surface area contributed by atoms with Gasteiger partial charge in [-0.1, -0.05) is 0 Å². The van der Waals surface area contributed by atoms with Gasteiger partial charge in [0.1, 0.15) is 5.69 Å². The van der Waals surface area contributed by atoms with E-state index >= 15 is 0 Å². The number of pyridine rings is 1. The Hall–Kier alpha value is -1.62. The lowest BCUT2D eigenvalue weighted by Gasteiger charge is -2.20. The van der Waals surface area contributed by atoms with Crippen molar-refractivity contribution < 1.29 is 9.53 Å². The summed E-state index contributed by atoms with van der Waals surface area (Å²) in [5, 5.41) is 3.43. The Morgan fingerprint density at radius 2 is 2.37 bits per heavy atom. The van der Waals surface area contributed by atoms with Crippen molar-refractivity contribution in [2.45, 2.75) is 19.4 Å². The summed E-state index contributed by atoms with van der Waals surface area (Å²) in [5.74, 6) is 0.446. The molecule has 0 spiro atoms. The van der Waals surface area contributed by atoms with Gasteiger partial charge in [-0.2, -0.15) is 0 Å². The molecule has 1 N–H and O–H groups in total. The third-order valence-corrected chi connectivity index (χ3v) is 3.45. The number of hydrogen-bond donors (Lipinski definition) is 1. The number of amides is 1. The number of ether oxygens (including phenoxy) is 1. The number of anilines is 1. The van der Waals surface area contributed by atoms with Crippen molar-refractivity contribution in [3.8, 4) is 0 Å². The summed E-state index contributed by atoms with van der Waals surface area (Å²) in [6.45, 7) is 3.80. The van der Waals surface area contributed by atoms with E-state index < -0.39 is 0 Å². The minimum Gasteiger partial charge on any atom is -0.382 e. The van der Waals surface area contributed by atoms with Crippen molar-refractivity contribution in [1.29, 1.82) is 0 Å². The van der Waals surface area contributed by atoms with Crippen molar-refractivity contribution in [2.75, 3.05) is 32.6 Å². The van der Waals surface area contributed by atoms with E-state index in [4.69, 9.17) is 4.74 Å². The number of rotatable bonds is 4. The number of nitrogens with zero attached hydrogens (tertiary/aromatic N) is 2. The Balaban J connectivity index is 2.04. The maximum atomic E-state index is 11.9. The summed E-state index contributed by atoms with van der Waals surface area (Å²) < 4.78 is 5.40. The molecule has 2 atom stereocenters. The van der Waals surface area contributed by atoms with Gasteiger partial charge in [0.15, 0.2) is 0 Å². The van der Waals surface area contributed by atoms with Gasteiger partial charge in [0.25, 0.3) is 5.91 Å². The molecule has 1 aromatic heterocycles. The van der Waals surface area contributed by atoms with Crippen LogP contribution in [0, 0.1) is 5.92 Å². The zero-order valence-corrected chi connectivity index (χ0v) is 11.7. The average Bonchev–Trinajstić information content (AvgIpc) is 2.92. The summed E-state index contributed by atoms with van der Waals surface area (Å²) in [7, 11) is 3.45. The number of nitrogens with one attached hydrogen (secondary N) is 1. The lowest BCUT2D eigenvalue weighted by molar-refractivity contribution is 0.0822. The van der Waals surface area contributed by atoms with Gasteiger partial charge in [-0.05, 0) is 25.5 Å². The van der Waals surface area contributed by atoms with Gasteiger partial charge in [-0.3, -0.25) is 9.78 Å². The van der Waals surface area contributed by atoms with Gasteiger partial charge in [-0.15, -0.1) is 0 Å². The highest BCUT2D eigenvalue weighted by Gasteiger charge is 2.22. The standard InChI is InChI=1S/C14H21N3O2/c1-10(11-5-7-19-9-11)16-12-4-6-15-13(8-12)14(18)17(2)3/h4,6,8,10-11H,5,7,9H2,1-3H3,(H,15,16). The monoisotopic (exact) mass is 263 g/mol.